The Morgan fingerprint density at radius 3 is 2.48 bits per heavy atom. The summed E-state index contributed by atoms with van der Waals surface area (Å²) in [6.07, 6.45) is 0.874. The predicted octanol–water partition coefficient (Wildman–Crippen LogP) is 3.92. The summed E-state index contributed by atoms with van der Waals surface area (Å²) < 4.78 is 24.2. The maximum atomic E-state index is 13.5. The number of furan rings is 1. The molecule has 0 saturated heterocycles. The molecular weight excluding hydrogens is 373 g/mol. The number of amides is 1. The van der Waals surface area contributed by atoms with Crippen LogP contribution in [0.5, 0.6) is 0 Å². The van der Waals surface area contributed by atoms with Gasteiger partial charge in [0.25, 0.3) is 5.91 Å². The third kappa shape index (κ3) is 6.31. The number of ether oxygens (including phenoxy) is 1. The van der Waals surface area contributed by atoms with E-state index in [2.05, 4.69) is 5.32 Å². The van der Waals surface area contributed by atoms with E-state index in [0.29, 0.717) is 24.2 Å². The Morgan fingerprint density at radius 1 is 0.931 bits per heavy atom. The third-order valence-corrected chi connectivity index (χ3v) is 4.33. The van der Waals surface area contributed by atoms with Gasteiger partial charge in [-0.25, -0.2) is 4.39 Å². The molecule has 6 heteroatoms. The predicted molar refractivity (Wildman–Crippen MR) is 107 cm³/mol. The maximum absolute atomic E-state index is 13.5. The van der Waals surface area contributed by atoms with Gasteiger partial charge < -0.3 is 14.5 Å². The molecule has 29 heavy (non-hydrogen) atoms. The fourth-order valence-electron chi connectivity index (χ4n) is 2.80. The molecule has 2 aromatic carbocycles. The van der Waals surface area contributed by atoms with Crippen molar-refractivity contribution in [3.05, 3.63) is 83.9 Å². The Balaban J connectivity index is 1.34. The number of rotatable bonds is 9. The van der Waals surface area contributed by atoms with Crippen molar-refractivity contribution in [3.63, 3.8) is 0 Å². The van der Waals surface area contributed by atoms with E-state index in [1.807, 2.05) is 42.5 Å². The molecule has 0 aliphatic carbocycles. The van der Waals surface area contributed by atoms with Crippen molar-refractivity contribution in [2.45, 2.75) is 19.3 Å². The van der Waals surface area contributed by atoms with E-state index in [0.717, 1.165) is 11.3 Å². The van der Waals surface area contributed by atoms with Crippen LogP contribution in [0.1, 0.15) is 17.7 Å². The summed E-state index contributed by atoms with van der Waals surface area (Å²) in [6, 6.07) is 19.8. The van der Waals surface area contributed by atoms with E-state index in [-0.39, 0.29) is 25.4 Å². The molecule has 1 heterocycles. The molecule has 3 aromatic rings. The smallest absolute Gasteiger partial charge is 0.306 e. The molecule has 0 spiro atoms. The summed E-state index contributed by atoms with van der Waals surface area (Å²) in [5.41, 5.74) is 1.49. The first-order chi connectivity index (χ1) is 14.1. The highest BCUT2D eigenvalue weighted by atomic mass is 19.1. The van der Waals surface area contributed by atoms with E-state index in [9.17, 15) is 14.0 Å². The van der Waals surface area contributed by atoms with Gasteiger partial charge in [0, 0.05) is 18.5 Å². The first-order valence-electron chi connectivity index (χ1n) is 9.41. The summed E-state index contributed by atoms with van der Waals surface area (Å²) in [5.74, 6) is 0.214. The Bertz CT molecular complexity index is 952. The lowest BCUT2D eigenvalue weighted by atomic mass is 10.1. The molecule has 1 aromatic heterocycles. The van der Waals surface area contributed by atoms with E-state index < -0.39 is 11.9 Å². The topological polar surface area (TPSA) is 68.5 Å². The molecule has 0 radical (unpaired) electrons. The first kappa shape index (κ1) is 20.3. The number of benzene rings is 2. The molecule has 150 valence electrons. The van der Waals surface area contributed by atoms with E-state index >= 15 is 0 Å². The Labute approximate surface area is 168 Å². The minimum atomic E-state index is -0.480. The standard InChI is InChI=1S/C23H22FNO4/c24-20-9-5-4-6-17(20)14-15-25-22(26)16-28-23(27)13-11-19-10-12-21(29-19)18-7-2-1-3-8-18/h1-10,12H,11,13-16H2,(H,25,26). The van der Waals surface area contributed by atoms with Crippen LogP contribution in [0.25, 0.3) is 11.3 Å². The molecule has 0 unspecified atom stereocenters. The second-order valence-electron chi connectivity index (χ2n) is 6.48. The summed E-state index contributed by atoms with van der Waals surface area (Å²) >= 11 is 0. The number of esters is 1. The van der Waals surface area contributed by atoms with Gasteiger partial charge in [-0.05, 0) is 30.2 Å². The van der Waals surface area contributed by atoms with Crippen molar-refractivity contribution in [2.75, 3.05) is 13.2 Å². The van der Waals surface area contributed by atoms with Crippen LogP contribution in [-0.2, 0) is 27.2 Å². The number of carbonyl (C=O) groups is 2. The fourth-order valence-corrected chi connectivity index (χ4v) is 2.80. The van der Waals surface area contributed by atoms with Crippen LogP contribution in [0.4, 0.5) is 4.39 Å². The van der Waals surface area contributed by atoms with Gasteiger partial charge in [0.15, 0.2) is 6.61 Å². The van der Waals surface area contributed by atoms with Crippen molar-refractivity contribution >= 4 is 11.9 Å². The number of aryl methyl sites for hydroxylation is 1. The van der Waals surface area contributed by atoms with Crippen LogP contribution in [0.2, 0.25) is 0 Å². The second kappa shape index (κ2) is 10.2. The highest BCUT2D eigenvalue weighted by Crippen LogP contribution is 2.22. The van der Waals surface area contributed by atoms with Crippen LogP contribution in [0.15, 0.2) is 71.1 Å². The lowest BCUT2D eigenvalue weighted by Gasteiger charge is -2.07. The van der Waals surface area contributed by atoms with Crippen molar-refractivity contribution in [3.8, 4) is 11.3 Å². The molecule has 0 fully saturated rings. The van der Waals surface area contributed by atoms with Crippen molar-refractivity contribution in [1.29, 1.82) is 0 Å². The van der Waals surface area contributed by atoms with E-state index in [1.165, 1.54) is 6.07 Å². The number of carbonyl (C=O) groups excluding carboxylic acids is 2. The van der Waals surface area contributed by atoms with Crippen LogP contribution in [0.3, 0.4) is 0 Å². The summed E-state index contributed by atoms with van der Waals surface area (Å²) in [7, 11) is 0. The number of hydrogen-bond donors (Lipinski definition) is 1. The Hall–Kier alpha value is -3.41. The molecule has 0 aliphatic heterocycles. The number of nitrogens with one attached hydrogen (secondary N) is 1. The van der Waals surface area contributed by atoms with Gasteiger partial charge in [-0.3, -0.25) is 9.59 Å². The van der Waals surface area contributed by atoms with Crippen LogP contribution >= 0.6 is 0 Å². The van der Waals surface area contributed by atoms with Crippen LogP contribution in [-0.4, -0.2) is 25.0 Å². The van der Waals surface area contributed by atoms with E-state index in [1.54, 1.807) is 18.2 Å². The molecule has 0 bridgehead atoms. The Kier molecular flexibility index (Phi) is 7.16. The second-order valence-corrected chi connectivity index (χ2v) is 6.48. The van der Waals surface area contributed by atoms with Gasteiger partial charge in [-0.1, -0.05) is 48.5 Å². The normalized spacial score (nSPS) is 10.5. The monoisotopic (exact) mass is 395 g/mol. The summed E-state index contributed by atoms with van der Waals surface area (Å²) in [5, 5.41) is 2.61. The van der Waals surface area contributed by atoms with Gasteiger partial charge >= 0.3 is 5.97 Å². The zero-order valence-electron chi connectivity index (χ0n) is 15.9. The van der Waals surface area contributed by atoms with Gasteiger partial charge in [0.2, 0.25) is 0 Å². The lowest BCUT2D eigenvalue weighted by Crippen LogP contribution is -2.30. The summed E-state index contributed by atoms with van der Waals surface area (Å²) in [4.78, 5) is 23.6. The zero-order chi connectivity index (χ0) is 20.5. The maximum Gasteiger partial charge on any atom is 0.306 e. The molecule has 0 atom stereocenters. The third-order valence-electron chi connectivity index (χ3n) is 4.33. The van der Waals surface area contributed by atoms with Crippen LogP contribution < -0.4 is 5.32 Å². The largest absolute Gasteiger partial charge is 0.461 e. The van der Waals surface area contributed by atoms with Crippen molar-refractivity contribution < 1.29 is 23.1 Å². The van der Waals surface area contributed by atoms with Gasteiger partial charge in [0.05, 0.1) is 6.42 Å². The highest BCUT2D eigenvalue weighted by molar-refractivity contribution is 5.80. The number of hydrogen-bond acceptors (Lipinski definition) is 4. The minimum Gasteiger partial charge on any atom is -0.461 e. The van der Waals surface area contributed by atoms with Gasteiger partial charge in [0.1, 0.15) is 17.3 Å². The highest BCUT2D eigenvalue weighted by Gasteiger charge is 2.10. The molecule has 1 amide bonds. The molecule has 3 rings (SSSR count). The molecular formula is C23H22FNO4. The SMILES string of the molecule is O=C(COC(=O)CCc1ccc(-c2ccccc2)o1)NCCc1ccccc1F. The van der Waals surface area contributed by atoms with Gasteiger partial charge in [-0.2, -0.15) is 0 Å². The van der Waals surface area contributed by atoms with Crippen molar-refractivity contribution in [1.82, 2.24) is 5.32 Å². The minimum absolute atomic E-state index is 0.115. The first-order valence-corrected chi connectivity index (χ1v) is 9.41. The lowest BCUT2D eigenvalue weighted by molar-refractivity contribution is -0.148. The molecule has 0 saturated carbocycles. The van der Waals surface area contributed by atoms with Crippen molar-refractivity contribution in [2.24, 2.45) is 0 Å². The quantitative estimate of drug-likeness (QED) is 0.558. The van der Waals surface area contributed by atoms with Crippen LogP contribution in [0, 0.1) is 5.82 Å². The van der Waals surface area contributed by atoms with Gasteiger partial charge in [-0.15, -0.1) is 0 Å². The van der Waals surface area contributed by atoms with E-state index in [4.69, 9.17) is 9.15 Å². The number of halogens is 1. The molecule has 5 nitrogen and oxygen atoms in total. The average Bonchev–Trinajstić information content (AvgIpc) is 3.22. The average molecular weight is 395 g/mol. The molecule has 0 aliphatic rings. The fraction of sp³-hybridized carbons (Fsp3) is 0.217. The summed E-state index contributed by atoms with van der Waals surface area (Å²) in [6.45, 7) is -0.0878. The zero-order valence-corrected chi connectivity index (χ0v) is 15.9. The molecule has 1 N–H and O–H groups in total. The Morgan fingerprint density at radius 2 is 1.69 bits per heavy atom.